The standard InChI is InChI=1S/C13H19N5O/c1-3-12-16-17-13(19-12)18(2)8-11-9-6-4-5-7-10(9)14-15-11/h3-8H2,1-2H3,(H,14,15). The van der Waals surface area contributed by atoms with Gasteiger partial charge in [-0.15, -0.1) is 5.10 Å². The van der Waals surface area contributed by atoms with Crippen molar-refractivity contribution in [2.75, 3.05) is 11.9 Å². The zero-order valence-corrected chi connectivity index (χ0v) is 11.4. The van der Waals surface area contributed by atoms with Crippen LogP contribution in [-0.2, 0) is 25.8 Å². The second-order valence-electron chi connectivity index (χ2n) is 5.02. The Kier molecular flexibility index (Phi) is 3.23. The number of nitrogens with zero attached hydrogens (tertiary/aromatic N) is 4. The second-order valence-corrected chi connectivity index (χ2v) is 5.02. The van der Waals surface area contributed by atoms with Crippen LogP contribution in [0.15, 0.2) is 4.42 Å². The van der Waals surface area contributed by atoms with E-state index in [2.05, 4.69) is 20.4 Å². The van der Waals surface area contributed by atoms with Crippen LogP contribution in [0.4, 0.5) is 6.01 Å². The van der Waals surface area contributed by atoms with Crippen molar-refractivity contribution in [2.45, 2.75) is 45.6 Å². The number of aromatic nitrogens is 4. The first-order valence-electron chi connectivity index (χ1n) is 6.86. The molecular formula is C13H19N5O. The van der Waals surface area contributed by atoms with Crippen LogP contribution in [0.5, 0.6) is 0 Å². The zero-order valence-electron chi connectivity index (χ0n) is 11.4. The molecule has 0 saturated carbocycles. The molecule has 2 aromatic heterocycles. The van der Waals surface area contributed by atoms with E-state index in [1.807, 2.05) is 18.9 Å². The Morgan fingerprint density at radius 2 is 2.11 bits per heavy atom. The number of nitrogens with one attached hydrogen (secondary N) is 1. The first-order chi connectivity index (χ1) is 9.28. The van der Waals surface area contributed by atoms with Gasteiger partial charge in [0.25, 0.3) is 0 Å². The van der Waals surface area contributed by atoms with Crippen molar-refractivity contribution in [1.82, 2.24) is 20.4 Å². The van der Waals surface area contributed by atoms with Gasteiger partial charge in [0, 0.05) is 19.2 Å². The van der Waals surface area contributed by atoms with E-state index >= 15 is 0 Å². The Bertz CT molecular complexity index is 559. The maximum Gasteiger partial charge on any atom is 0.318 e. The normalized spacial score (nSPS) is 14.4. The fourth-order valence-electron chi connectivity index (χ4n) is 2.51. The number of fused-ring (bicyclic) bond motifs is 1. The van der Waals surface area contributed by atoms with Crippen molar-refractivity contribution in [3.63, 3.8) is 0 Å². The van der Waals surface area contributed by atoms with Gasteiger partial charge in [0.15, 0.2) is 0 Å². The van der Waals surface area contributed by atoms with E-state index in [9.17, 15) is 0 Å². The summed E-state index contributed by atoms with van der Waals surface area (Å²) in [6.07, 6.45) is 5.52. The Morgan fingerprint density at radius 3 is 2.89 bits per heavy atom. The fourth-order valence-corrected chi connectivity index (χ4v) is 2.51. The van der Waals surface area contributed by atoms with Crippen LogP contribution in [0.1, 0.15) is 42.6 Å². The van der Waals surface area contributed by atoms with E-state index in [1.54, 1.807) is 0 Å². The van der Waals surface area contributed by atoms with E-state index in [4.69, 9.17) is 4.42 Å². The van der Waals surface area contributed by atoms with Gasteiger partial charge in [-0.05, 0) is 31.2 Å². The van der Waals surface area contributed by atoms with Gasteiger partial charge in [-0.25, -0.2) is 0 Å². The van der Waals surface area contributed by atoms with Crippen LogP contribution in [0.3, 0.4) is 0 Å². The quantitative estimate of drug-likeness (QED) is 0.909. The lowest BCUT2D eigenvalue weighted by Gasteiger charge is -2.15. The maximum atomic E-state index is 5.55. The summed E-state index contributed by atoms with van der Waals surface area (Å²) in [7, 11) is 1.96. The summed E-state index contributed by atoms with van der Waals surface area (Å²) in [6.45, 7) is 2.71. The average molecular weight is 261 g/mol. The maximum absolute atomic E-state index is 5.55. The van der Waals surface area contributed by atoms with Crippen LogP contribution in [0.2, 0.25) is 0 Å². The van der Waals surface area contributed by atoms with Gasteiger partial charge in [-0.3, -0.25) is 5.10 Å². The van der Waals surface area contributed by atoms with Gasteiger partial charge < -0.3 is 9.32 Å². The monoisotopic (exact) mass is 261 g/mol. The van der Waals surface area contributed by atoms with Gasteiger partial charge in [0.2, 0.25) is 5.89 Å². The summed E-state index contributed by atoms with van der Waals surface area (Å²) >= 11 is 0. The average Bonchev–Trinajstić information content (AvgIpc) is 3.06. The molecule has 102 valence electrons. The highest BCUT2D eigenvalue weighted by molar-refractivity contribution is 5.32. The van der Waals surface area contributed by atoms with Crippen LogP contribution >= 0.6 is 0 Å². The highest BCUT2D eigenvalue weighted by Gasteiger charge is 2.19. The van der Waals surface area contributed by atoms with Crippen molar-refractivity contribution in [3.8, 4) is 0 Å². The van der Waals surface area contributed by atoms with Crippen molar-refractivity contribution in [3.05, 3.63) is 22.8 Å². The van der Waals surface area contributed by atoms with Gasteiger partial charge in [-0.2, -0.15) is 5.10 Å². The third kappa shape index (κ3) is 2.34. The van der Waals surface area contributed by atoms with Gasteiger partial charge in [0.05, 0.1) is 12.2 Å². The number of H-pyrrole nitrogens is 1. The number of anilines is 1. The van der Waals surface area contributed by atoms with Crippen LogP contribution in [0, 0.1) is 0 Å². The smallest absolute Gasteiger partial charge is 0.318 e. The van der Waals surface area contributed by atoms with E-state index in [0.717, 1.165) is 25.0 Å². The first-order valence-corrected chi connectivity index (χ1v) is 6.86. The molecule has 0 radical (unpaired) electrons. The molecule has 0 unspecified atom stereocenters. The van der Waals surface area contributed by atoms with Crippen LogP contribution < -0.4 is 4.90 Å². The zero-order chi connectivity index (χ0) is 13.2. The number of hydrogen-bond donors (Lipinski definition) is 1. The molecule has 19 heavy (non-hydrogen) atoms. The molecule has 6 heteroatoms. The summed E-state index contributed by atoms with van der Waals surface area (Å²) in [5.74, 6) is 0.672. The van der Waals surface area contributed by atoms with E-state index in [1.165, 1.54) is 24.1 Å². The summed E-state index contributed by atoms with van der Waals surface area (Å²) < 4.78 is 5.55. The lowest BCUT2D eigenvalue weighted by atomic mass is 9.96. The van der Waals surface area contributed by atoms with Gasteiger partial charge in [0.1, 0.15) is 0 Å². The van der Waals surface area contributed by atoms with Gasteiger partial charge in [-0.1, -0.05) is 12.0 Å². The molecule has 1 N–H and O–H groups in total. The van der Waals surface area contributed by atoms with Crippen molar-refractivity contribution >= 4 is 6.01 Å². The molecular weight excluding hydrogens is 242 g/mol. The second kappa shape index (κ2) is 5.03. The fraction of sp³-hybridized carbons (Fsp3) is 0.615. The van der Waals surface area contributed by atoms with E-state index in [-0.39, 0.29) is 0 Å². The van der Waals surface area contributed by atoms with Crippen LogP contribution in [-0.4, -0.2) is 27.4 Å². The minimum Gasteiger partial charge on any atom is -0.408 e. The number of aromatic amines is 1. The van der Waals surface area contributed by atoms with Crippen LogP contribution in [0.25, 0.3) is 0 Å². The number of aryl methyl sites for hydroxylation is 2. The molecule has 1 aliphatic rings. The molecule has 0 aliphatic heterocycles. The summed E-state index contributed by atoms with van der Waals surface area (Å²) in [6, 6.07) is 0.560. The molecule has 0 spiro atoms. The highest BCUT2D eigenvalue weighted by atomic mass is 16.4. The highest BCUT2D eigenvalue weighted by Crippen LogP contribution is 2.24. The molecule has 0 aromatic carbocycles. The van der Waals surface area contributed by atoms with Crippen molar-refractivity contribution in [2.24, 2.45) is 0 Å². The minimum absolute atomic E-state index is 0.560. The molecule has 3 rings (SSSR count). The molecule has 0 fully saturated rings. The van der Waals surface area contributed by atoms with Crippen molar-refractivity contribution < 1.29 is 4.42 Å². The molecule has 1 aliphatic carbocycles. The minimum atomic E-state index is 0.560. The Balaban J connectivity index is 1.75. The van der Waals surface area contributed by atoms with Gasteiger partial charge >= 0.3 is 6.01 Å². The van der Waals surface area contributed by atoms with Crippen molar-refractivity contribution in [1.29, 1.82) is 0 Å². The summed E-state index contributed by atoms with van der Waals surface area (Å²) in [4.78, 5) is 1.96. The molecule has 6 nitrogen and oxygen atoms in total. The largest absolute Gasteiger partial charge is 0.408 e. The Hall–Kier alpha value is -1.85. The summed E-state index contributed by atoms with van der Waals surface area (Å²) in [5, 5.41) is 15.6. The Morgan fingerprint density at radius 1 is 1.26 bits per heavy atom. The number of hydrogen-bond acceptors (Lipinski definition) is 5. The topological polar surface area (TPSA) is 70.8 Å². The molecule has 0 saturated heterocycles. The lowest BCUT2D eigenvalue weighted by molar-refractivity contribution is 0.493. The number of rotatable bonds is 4. The summed E-state index contributed by atoms with van der Waals surface area (Å²) in [5.41, 5.74) is 3.79. The molecule has 2 heterocycles. The van der Waals surface area contributed by atoms with E-state index < -0.39 is 0 Å². The molecule has 0 atom stereocenters. The Labute approximate surface area is 112 Å². The first kappa shape index (κ1) is 12.2. The molecule has 2 aromatic rings. The van der Waals surface area contributed by atoms with E-state index in [0.29, 0.717) is 18.5 Å². The lowest BCUT2D eigenvalue weighted by Crippen LogP contribution is -2.18. The molecule has 0 amide bonds. The predicted molar refractivity (Wildman–Crippen MR) is 71.0 cm³/mol. The third-order valence-corrected chi connectivity index (χ3v) is 3.61. The molecule has 0 bridgehead atoms. The SMILES string of the molecule is CCc1nnc(N(C)Cc2n[nH]c3c2CCCC3)o1. The third-order valence-electron chi connectivity index (χ3n) is 3.61. The predicted octanol–water partition coefficient (Wildman–Crippen LogP) is 1.87.